The number of hydrogen-bond donors (Lipinski definition) is 0. The molecule has 5 heteroatoms. The molecule has 0 heterocycles. The predicted octanol–water partition coefficient (Wildman–Crippen LogP) is 1.63. The van der Waals surface area contributed by atoms with Gasteiger partial charge in [0.1, 0.15) is 0 Å². The van der Waals surface area contributed by atoms with Gasteiger partial charge in [-0.2, -0.15) is 0 Å². The quantitative estimate of drug-likeness (QED) is 0.551. The van der Waals surface area contributed by atoms with Crippen molar-refractivity contribution in [2.45, 2.75) is 6.43 Å². The van der Waals surface area contributed by atoms with Crippen molar-refractivity contribution in [3.63, 3.8) is 0 Å². The molecule has 48 valence electrons. The van der Waals surface area contributed by atoms with Gasteiger partial charge in [0.2, 0.25) is 0 Å². The van der Waals surface area contributed by atoms with Crippen molar-refractivity contribution in [2.24, 2.45) is 0 Å². The van der Waals surface area contributed by atoms with E-state index in [1.165, 1.54) is 0 Å². The molecule has 0 fully saturated rings. The zero-order valence-electron chi connectivity index (χ0n) is 3.73. The van der Waals surface area contributed by atoms with Gasteiger partial charge in [0.15, 0.2) is 6.61 Å². The van der Waals surface area contributed by atoms with E-state index in [0.29, 0.717) is 0 Å². The van der Waals surface area contributed by atoms with Crippen LogP contribution in [0.1, 0.15) is 0 Å². The summed E-state index contributed by atoms with van der Waals surface area (Å²) in [6.07, 6.45) is -2.64. The van der Waals surface area contributed by atoms with Crippen LogP contribution in [0.4, 0.5) is 13.6 Å². The zero-order chi connectivity index (χ0) is 6.57. The Labute approximate surface area is 49.4 Å². The van der Waals surface area contributed by atoms with Crippen molar-refractivity contribution in [3.05, 3.63) is 0 Å². The summed E-state index contributed by atoms with van der Waals surface area (Å²) >= 11 is 4.53. The van der Waals surface area contributed by atoms with Crippen molar-refractivity contribution in [2.75, 3.05) is 6.61 Å². The molecule has 0 aromatic carbocycles. The van der Waals surface area contributed by atoms with Gasteiger partial charge < -0.3 is 4.74 Å². The van der Waals surface area contributed by atoms with Gasteiger partial charge in [-0.15, -0.1) is 0 Å². The van der Waals surface area contributed by atoms with Crippen LogP contribution in [-0.2, 0) is 4.74 Å². The molecule has 8 heavy (non-hydrogen) atoms. The van der Waals surface area contributed by atoms with Crippen LogP contribution in [0, 0.1) is 0 Å². The normalized spacial score (nSPS) is 9.50. The maximum atomic E-state index is 11.1. The molecule has 2 nitrogen and oxygen atoms in total. The minimum atomic E-state index is -2.64. The highest BCUT2D eigenvalue weighted by Gasteiger charge is 2.03. The molecule has 0 rings (SSSR count). The Hall–Kier alpha value is -0.380. The van der Waals surface area contributed by atoms with Crippen molar-refractivity contribution >= 4 is 17.0 Å². The van der Waals surface area contributed by atoms with E-state index < -0.39 is 18.5 Å². The summed E-state index contributed by atoms with van der Waals surface area (Å²) in [5.74, 6) is 0. The van der Waals surface area contributed by atoms with Crippen LogP contribution in [-0.4, -0.2) is 18.5 Å². The lowest BCUT2D eigenvalue weighted by atomic mass is 10.8. The first kappa shape index (κ1) is 7.62. The number of carbonyl (C=O) groups is 1. The third kappa shape index (κ3) is 5.62. The van der Waals surface area contributed by atoms with Gasteiger partial charge in [-0.1, -0.05) is 0 Å². The SMILES string of the molecule is O=C(Cl)OCC(F)F. The van der Waals surface area contributed by atoms with Crippen molar-refractivity contribution < 1.29 is 18.3 Å². The lowest BCUT2D eigenvalue weighted by molar-refractivity contribution is 0.0593. The number of alkyl halides is 2. The van der Waals surface area contributed by atoms with E-state index in [0.717, 1.165) is 0 Å². The molecule has 0 amide bonds. The molecule has 0 bridgehead atoms. The van der Waals surface area contributed by atoms with Gasteiger partial charge in [-0.3, -0.25) is 0 Å². The van der Waals surface area contributed by atoms with Crippen LogP contribution in [0.25, 0.3) is 0 Å². The van der Waals surface area contributed by atoms with E-state index in [2.05, 4.69) is 16.3 Å². The van der Waals surface area contributed by atoms with Gasteiger partial charge in [-0.05, 0) is 0 Å². The van der Waals surface area contributed by atoms with E-state index in [4.69, 9.17) is 0 Å². The summed E-state index contributed by atoms with van der Waals surface area (Å²) in [6, 6.07) is 0. The molecule has 0 aliphatic carbocycles. The number of halogens is 3. The molecule has 0 aromatic heterocycles. The fourth-order valence-electron chi connectivity index (χ4n) is 0.129. The van der Waals surface area contributed by atoms with Gasteiger partial charge in [0, 0.05) is 11.6 Å². The van der Waals surface area contributed by atoms with Gasteiger partial charge in [0.05, 0.1) is 0 Å². The molecule has 0 unspecified atom stereocenters. The highest BCUT2D eigenvalue weighted by atomic mass is 35.5. The maximum absolute atomic E-state index is 11.1. The molecule has 0 aliphatic heterocycles. The Morgan fingerprint density at radius 2 is 2.25 bits per heavy atom. The number of hydrogen-bond acceptors (Lipinski definition) is 2. The summed E-state index contributed by atoms with van der Waals surface area (Å²) < 4.78 is 25.8. The van der Waals surface area contributed by atoms with E-state index in [-0.39, 0.29) is 0 Å². The van der Waals surface area contributed by atoms with Crippen LogP contribution in [0.3, 0.4) is 0 Å². The highest BCUT2D eigenvalue weighted by Crippen LogP contribution is 1.94. The Morgan fingerprint density at radius 3 is 2.38 bits per heavy atom. The maximum Gasteiger partial charge on any atom is 0.403 e. The van der Waals surface area contributed by atoms with Gasteiger partial charge in [0.25, 0.3) is 6.43 Å². The smallest absolute Gasteiger partial charge is 0.403 e. The van der Waals surface area contributed by atoms with Crippen LogP contribution in [0.15, 0.2) is 0 Å². The standard InChI is InChI=1S/C3H3ClF2O2/c4-3(7)8-1-2(5)6/h2H,1H2. The molecule has 0 radical (unpaired) electrons. The van der Waals surface area contributed by atoms with E-state index >= 15 is 0 Å². The fourth-order valence-corrected chi connectivity index (χ4v) is 0.192. The Morgan fingerprint density at radius 1 is 1.75 bits per heavy atom. The largest absolute Gasteiger partial charge is 0.448 e. The number of ether oxygens (including phenoxy) is 1. The first-order valence-corrected chi connectivity index (χ1v) is 2.11. The molecule has 0 saturated heterocycles. The molecular formula is C3H3ClF2O2. The Balaban J connectivity index is 3.05. The third-order valence-electron chi connectivity index (χ3n) is 0.323. The number of carbonyl (C=O) groups excluding carboxylic acids is 1. The first-order chi connectivity index (χ1) is 3.63. The topological polar surface area (TPSA) is 26.3 Å². The summed E-state index contributed by atoms with van der Waals surface area (Å²) in [6.45, 7) is -0.928. The average Bonchev–Trinajstić information content (AvgIpc) is 1.61. The fraction of sp³-hybridized carbons (Fsp3) is 0.667. The summed E-state index contributed by atoms with van der Waals surface area (Å²) in [5, 5.41) is 0. The minimum Gasteiger partial charge on any atom is -0.448 e. The second-order valence-corrected chi connectivity index (χ2v) is 1.25. The number of rotatable bonds is 2. The van der Waals surface area contributed by atoms with E-state index in [1.54, 1.807) is 0 Å². The lowest BCUT2D eigenvalue weighted by Gasteiger charge is -1.95. The van der Waals surface area contributed by atoms with E-state index in [1.807, 2.05) is 0 Å². The van der Waals surface area contributed by atoms with Crippen LogP contribution in [0.5, 0.6) is 0 Å². The Kier molecular flexibility index (Phi) is 3.43. The second kappa shape index (κ2) is 3.60. The average molecular weight is 145 g/mol. The monoisotopic (exact) mass is 144 g/mol. The molecule has 0 atom stereocenters. The third-order valence-corrected chi connectivity index (χ3v) is 0.432. The molecule has 0 N–H and O–H groups in total. The van der Waals surface area contributed by atoms with Crippen LogP contribution < -0.4 is 0 Å². The van der Waals surface area contributed by atoms with Crippen LogP contribution >= 0.6 is 11.6 Å². The predicted molar refractivity (Wildman–Crippen MR) is 23.2 cm³/mol. The second-order valence-electron chi connectivity index (χ2n) is 0.940. The summed E-state index contributed by atoms with van der Waals surface area (Å²) in [7, 11) is 0. The summed E-state index contributed by atoms with van der Waals surface area (Å²) in [5.41, 5.74) is -1.20. The first-order valence-electron chi connectivity index (χ1n) is 1.73. The van der Waals surface area contributed by atoms with E-state index in [9.17, 15) is 13.6 Å². The summed E-state index contributed by atoms with van der Waals surface area (Å²) in [4.78, 5) is 9.56. The molecule has 0 aliphatic rings. The molecule has 0 spiro atoms. The van der Waals surface area contributed by atoms with Gasteiger partial charge >= 0.3 is 5.43 Å². The Bertz CT molecular complexity index is 85.4. The van der Waals surface area contributed by atoms with Gasteiger partial charge in [-0.25, -0.2) is 13.6 Å². The van der Waals surface area contributed by atoms with Crippen molar-refractivity contribution in [1.82, 2.24) is 0 Å². The van der Waals surface area contributed by atoms with Crippen LogP contribution in [0.2, 0.25) is 0 Å². The van der Waals surface area contributed by atoms with Crippen molar-refractivity contribution in [1.29, 1.82) is 0 Å². The van der Waals surface area contributed by atoms with Crippen molar-refractivity contribution in [3.8, 4) is 0 Å². The lowest BCUT2D eigenvalue weighted by Crippen LogP contribution is -2.05. The molecular weight excluding hydrogens is 141 g/mol. The zero-order valence-corrected chi connectivity index (χ0v) is 4.49. The minimum absolute atomic E-state index is 0.928. The molecule has 0 saturated carbocycles. The molecule has 0 aromatic rings. The highest BCUT2D eigenvalue weighted by molar-refractivity contribution is 6.61.